The summed E-state index contributed by atoms with van der Waals surface area (Å²) in [5, 5.41) is 2.92. The molecule has 0 bridgehead atoms. The summed E-state index contributed by atoms with van der Waals surface area (Å²) >= 11 is 0. The van der Waals surface area contributed by atoms with Crippen molar-refractivity contribution in [2.45, 2.75) is 12.8 Å². The second-order valence-corrected chi connectivity index (χ2v) is 7.15. The van der Waals surface area contributed by atoms with E-state index in [1.807, 2.05) is 18.2 Å². The van der Waals surface area contributed by atoms with Crippen LogP contribution in [0.3, 0.4) is 0 Å². The summed E-state index contributed by atoms with van der Waals surface area (Å²) in [4.78, 5) is 8.41. The van der Waals surface area contributed by atoms with Crippen LogP contribution in [-0.4, -0.2) is 49.6 Å². The minimum absolute atomic E-state index is 0. The van der Waals surface area contributed by atoms with Gasteiger partial charge < -0.3 is 11.1 Å². The molecule has 124 valence electrons. The van der Waals surface area contributed by atoms with Crippen LogP contribution in [0.25, 0.3) is 0 Å². The van der Waals surface area contributed by atoms with Crippen molar-refractivity contribution < 1.29 is 8.42 Å². The Kier molecular flexibility index (Phi) is 7.49. The highest BCUT2D eigenvalue weighted by molar-refractivity contribution is 14.0. The van der Waals surface area contributed by atoms with Gasteiger partial charge in [0.25, 0.3) is 0 Å². The number of halogens is 1. The van der Waals surface area contributed by atoms with Gasteiger partial charge in [0.05, 0.1) is 6.26 Å². The number of rotatable bonds is 4. The molecule has 0 aliphatic carbocycles. The molecule has 9 heteroatoms. The fourth-order valence-corrected chi connectivity index (χ4v) is 3.13. The van der Waals surface area contributed by atoms with Gasteiger partial charge in [0.1, 0.15) is 5.82 Å². The van der Waals surface area contributed by atoms with Crippen LogP contribution in [0.4, 0.5) is 5.82 Å². The Morgan fingerprint density at radius 3 is 2.68 bits per heavy atom. The lowest BCUT2D eigenvalue weighted by molar-refractivity contribution is 0.280. The van der Waals surface area contributed by atoms with Crippen molar-refractivity contribution in [3.05, 3.63) is 24.4 Å². The van der Waals surface area contributed by atoms with Crippen LogP contribution in [0, 0.1) is 5.92 Å². The van der Waals surface area contributed by atoms with E-state index in [1.165, 1.54) is 10.6 Å². The molecule has 7 nitrogen and oxygen atoms in total. The first kappa shape index (κ1) is 19.1. The van der Waals surface area contributed by atoms with Crippen LogP contribution in [-0.2, 0) is 10.0 Å². The lowest BCUT2D eigenvalue weighted by Crippen LogP contribution is -2.38. The summed E-state index contributed by atoms with van der Waals surface area (Å²) in [6.07, 6.45) is 4.55. The predicted octanol–water partition coefficient (Wildman–Crippen LogP) is 1.10. The first-order valence-corrected chi connectivity index (χ1v) is 8.73. The summed E-state index contributed by atoms with van der Waals surface area (Å²) in [6.45, 7) is 1.72. The van der Waals surface area contributed by atoms with Gasteiger partial charge in [-0.3, -0.25) is 4.99 Å². The number of piperidine rings is 1. The molecule has 0 saturated carbocycles. The molecule has 3 N–H and O–H groups in total. The number of pyridine rings is 1. The minimum Gasteiger partial charge on any atom is -0.370 e. The molecule has 0 aromatic carbocycles. The van der Waals surface area contributed by atoms with Crippen molar-refractivity contribution in [1.29, 1.82) is 0 Å². The van der Waals surface area contributed by atoms with Crippen LogP contribution in [0.5, 0.6) is 0 Å². The zero-order valence-electron chi connectivity index (χ0n) is 12.5. The lowest BCUT2D eigenvalue weighted by atomic mass is 9.98. The monoisotopic (exact) mass is 439 g/mol. The summed E-state index contributed by atoms with van der Waals surface area (Å²) in [5.41, 5.74) is 5.81. The molecule has 2 heterocycles. The molecule has 0 atom stereocenters. The van der Waals surface area contributed by atoms with E-state index in [1.54, 1.807) is 6.20 Å². The number of hydrogen-bond acceptors (Lipinski definition) is 4. The van der Waals surface area contributed by atoms with Crippen molar-refractivity contribution in [1.82, 2.24) is 9.29 Å². The minimum atomic E-state index is -3.07. The van der Waals surface area contributed by atoms with Crippen molar-refractivity contribution in [3.63, 3.8) is 0 Å². The smallest absolute Gasteiger partial charge is 0.211 e. The van der Waals surface area contributed by atoms with Crippen molar-refractivity contribution in [3.8, 4) is 0 Å². The second-order valence-electron chi connectivity index (χ2n) is 5.17. The van der Waals surface area contributed by atoms with Gasteiger partial charge in [-0.25, -0.2) is 17.7 Å². The zero-order chi connectivity index (χ0) is 15.3. The number of sulfonamides is 1. The molecule has 22 heavy (non-hydrogen) atoms. The van der Waals surface area contributed by atoms with Gasteiger partial charge in [0.2, 0.25) is 10.0 Å². The Morgan fingerprint density at radius 1 is 1.45 bits per heavy atom. The number of aliphatic imine (C=N–C) groups is 1. The topological polar surface area (TPSA) is 101 Å². The second kappa shape index (κ2) is 8.63. The first-order valence-electron chi connectivity index (χ1n) is 6.88. The number of anilines is 1. The molecule has 1 aromatic heterocycles. The normalized spacial score (nSPS) is 17.8. The predicted molar refractivity (Wildman–Crippen MR) is 98.9 cm³/mol. The van der Waals surface area contributed by atoms with E-state index in [0.717, 1.165) is 12.8 Å². The first-order chi connectivity index (χ1) is 9.95. The number of nitrogens with zero attached hydrogens (tertiary/aromatic N) is 3. The van der Waals surface area contributed by atoms with Gasteiger partial charge >= 0.3 is 0 Å². The number of nitrogens with one attached hydrogen (secondary N) is 1. The number of guanidine groups is 1. The van der Waals surface area contributed by atoms with E-state index >= 15 is 0 Å². The molecular weight excluding hydrogens is 417 g/mol. The molecular formula is C13H22IN5O2S. The molecule has 1 fully saturated rings. The highest BCUT2D eigenvalue weighted by Gasteiger charge is 2.24. The molecule has 1 aromatic rings. The van der Waals surface area contributed by atoms with Gasteiger partial charge in [0.15, 0.2) is 5.96 Å². The van der Waals surface area contributed by atoms with E-state index in [4.69, 9.17) is 5.73 Å². The number of hydrogen-bond donors (Lipinski definition) is 2. The Morgan fingerprint density at radius 2 is 2.14 bits per heavy atom. The maximum atomic E-state index is 11.4. The highest BCUT2D eigenvalue weighted by atomic mass is 127. The SMILES string of the molecule is CS(=O)(=O)N1CCC(CN=C(N)Nc2ccccn2)CC1.I. The Hall–Kier alpha value is -0.940. The molecule has 0 amide bonds. The van der Waals surface area contributed by atoms with Crippen molar-refractivity contribution in [2.24, 2.45) is 16.6 Å². The van der Waals surface area contributed by atoms with E-state index in [9.17, 15) is 8.42 Å². The molecule has 0 spiro atoms. The van der Waals surface area contributed by atoms with Crippen LogP contribution in [0.1, 0.15) is 12.8 Å². The largest absolute Gasteiger partial charge is 0.370 e. The molecule has 1 saturated heterocycles. The van der Waals surface area contributed by atoms with Gasteiger partial charge in [-0.05, 0) is 30.9 Å². The fourth-order valence-electron chi connectivity index (χ4n) is 2.26. The molecule has 1 aliphatic rings. The highest BCUT2D eigenvalue weighted by Crippen LogP contribution is 2.19. The van der Waals surface area contributed by atoms with Gasteiger partial charge in [-0.15, -0.1) is 24.0 Å². The standard InChI is InChI=1S/C13H21N5O2S.HI/c1-21(19,20)18-8-5-11(6-9-18)10-16-13(14)17-12-4-2-3-7-15-12;/h2-4,7,11H,5-6,8-10H2,1H3,(H3,14,15,16,17);1H. The molecule has 0 radical (unpaired) electrons. The van der Waals surface area contributed by atoms with E-state index in [2.05, 4.69) is 15.3 Å². The van der Waals surface area contributed by atoms with Crippen LogP contribution in [0.15, 0.2) is 29.4 Å². The van der Waals surface area contributed by atoms with Gasteiger partial charge in [-0.1, -0.05) is 6.07 Å². The van der Waals surface area contributed by atoms with E-state index in [-0.39, 0.29) is 24.0 Å². The third kappa shape index (κ3) is 6.05. The average Bonchev–Trinajstić information content (AvgIpc) is 2.46. The van der Waals surface area contributed by atoms with Gasteiger partial charge in [-0.2, -0.15) is 0 Å². The van der Waals surface area contributed by atoms with Crippen LogP contribution in [0.2, 0.25) is 0 Å². The quantitative estimate of drug-likeness (QED) is 0.416. The van der Waals surface area contributed by atoms with Crippen molar-refractivity contribution >= 4 is 45.8 Å². The Labute approximate surface area is 148 Å². The number of nitrogens with two attached hydrogens (primary N) is 1. The van der Waals surface area contributed by atoms with Crippen molar-refractivity contribution in [2.75, 3.05) is 31.2 Å². The Bertz CT molecular complexity index is 586. The lowest BCUT2D eigenvalue weighted by Gasteiger charge is -2.29. The fraction of sp³-hybridized carbons (Fsp3) is 0.538. The zero-order valence-corrected chi connectivity index (χ0v) is 15.6. The third-order valence-corrected chi connectivity index (χ3v) is 4.79. The maximum absolute atomic E-state index is 11.4. The van der Waals surface area contributed by atoms with Gasteiger partial charge in [0, 0.05) is 25.8 Å². The summed E-state index contributed by atoms with van der Waals surface area (Å²) in [6, 6.07) is 5.50. The summed E-state index contributed by atoms with van der Waals surface area (Å²) in [5.74, 6) is 1.36. The number of aromatic nitrogens is 1. The summed E-state index contributed by atoms with van der Waals surface area (Å²) in [7, 11) is -3.07. The van der Waals surface area contributed by atoms with Crippen LogP contribution >= 0.6 is 24.0 Å². The van der Waals surface area contributed by atoms with E-state index < -0.39 is 10.0 Å². The van der Waals surface area contributed by atoms with E-state index in [0.29, 0.717) is 37.3 Å². The third-order valence-electron chi connectivity index (χ3n) is 3.48. The van der Waals surface area contributed by atoms with Crippen LogP contribution < -0.4 is 11.1 Å². The molecule has 2 rings (SSSR count). The average molecular weight is 439 g/mol. The molecule has 0 unspecified atom stereocenters. The molecule has 1 aliphatic heterocycles. The summed E-state index contributed by atoms with van der Waals surface area (Å²) < 4.78 is 24.4. The maximum Gasteiger partial charge on any atom is 0.211 e. The Balaban J connectivity index is 0.00000242.